The Labute approximate surface area is 137 Å². The van der Waals surface area contributed by atoms with Crippen molar-refractivity contribution in [2.45, 2.75) is 23.5 Å². The van der Waals surface area contributed by atoms with Gasteiger partial charge in [-0.3, -0.25) is 4.79 Å². The summed E-state index contributed by atoms with van der Waals surface area (Å²) >= 11 is 7.63. The molecule has 0 bridgehead atoms. The molecule has 0 spiro atoms. The van der Waals surface area contributed by atoms with Gasteiger partial charge in [-0.25, -0.2) is 8.42 Å². The van der Waals surface area contributed by atoms with Crippen LogP contribution in [-0.4, -0.2) is 49.6 Å². The van der Waals surface area contributed by atoms with E-state index in [0.29, 0.717) is 7.57 Å². The van der Waals surface area contributed by atoms with E-state index < -0.39 is 28.1 Å². The van der Waals surface area contributed by atoms with Crippen LogP contribution in [0.25, 0.3) is 0 Å². The summed E-state index contributed by atoms with van der Waals surface area (Å²) in [5, 5.41) is 9.67. The van der Waals surface area contributed by atoms with Gasteiger partial charge in [0.1, 0.15) is 10.9 Å². The van der Waals surface area contributed by atoms with Gasteiger partial charge >= 0.3 is 5.97 Å². The summed E-state index contributed by atoms with van der Waals surface area (Å²) in [4.78, 5) is 11.7. The molecule has 1 saturated heterocycles. The third kappa shape index (κ3) is 2.95. The van der Waals surface area contributed by atoms with E-state index >= 15 is 0 Å². The fourth-order valence-electron chi connectivity index (χ4n) is 2.03. The second kappa shape index (κ2) is 6.01. The molecule has 0 saturated carbocycles. The maximum Gasteiger partial charge on any atom is 0.324 e. The highest BCUT2D eigenvalue weighted by atomic mass is 79.9. The van der Waals surface area contributed by atoms with E-state index in [1.54, 1.807) is 0 Å². The van der Waals surface area contributed by atoms with E-state index in [4.69, 9.17) is 0 Å². The summed E-state index contributed by atoms with van der Waals surface area (Å²) < 4.78 is 31.9. The summed E-state index contributed by atoms with van der Waals surface area (Å²) in [5.41, 5.74) is 0. The summed E-state index contributed by atoms with van der Waals surface area (Å²) in [5.74, 6) is -0.671. The number of esters is 1. The minimum atomic E-state index is -3.88. The predicted molar refractivity (Wildman–Crippen MR) is 80.0 cm³/mol. The zero-order chi connectivity index (χ0) is 15.1. The minimum absolute atomic E-state index is 0.0365. The van der Waals surface area contributed by atoms with Crippen LogP contribution in [0.15, 0.2) is 18.5 Å². The number of ether oxygens (including phenoxy) is 1. The van der Waals surface area contributed by atoms with Gasteiger partial charge in [0, 0.05) is 13.0 Å². The van der Waals surface area contributed by atoms with Crippen molar-refractivity contribution in [3.63, 3.8) is 0 Å². The molecule has 0 amide bonds. The van der Waals surface area contributed by atoms with Gasteiger partial charge in [0.25, 0.3) is 0 Å². The topological polar surface area (TPSA) is 83.9 Å². The van der Waals surface area contributed by atoms with Gasteiger partial charge < -0.3 is 9.84 Å². The molecule has 6 nitrogen and oxygen atoms in total. The Morgan fingerprint density at radius 1 is 1.55 bits per heavy atom. The molecule has 1 aliphatic heterocycles. The highest BCUT2D eigenvalue weighted by Crippen LogP contribution is 2.38. The number of aliphatic hydroxyl groups excluding tert-OH is 1. The lowest BCUT2D eigenvalue weighted by Gasteiger charge is -2.21. The van der Waals surface area contributed by atoms with E-state index in [-0.39, 0.29) is 17.9 Å². The van der Waals surface area contributed by atoms with Gasteiger partial charge in [-0.15, -0.1) is 11.3 Å². The fourth-order valence-corrected chi connectivity index (χ4v) is 7.42. The zero-order valence-electron chi connectivity index (χ0n) is 10.2. The standard InChI is InChI=1S/C10H11Br2NO5S2/c1-18-10(15)6-2-5(14)4-13(6)20(16,17)7-3-8(11)19-9(7)12/h3,5-6,14H,2,4H2,1H3. The molecule has 0 aliphatic carbocycles. The van der Waals surface area contributed by atoms with Crippen molar-refractivity contribution in [2.75, 3.05) is 13.7 Å². The maximum atomic E-state index is 12.6. The maximum absolute atomic E-state index is 12.6. The van der Waals surface area contributed by atoms with Crippen molar-refractivity contribution >= 4 is 59.2 Å². The van der Waals surface area contributed by atoms with Crippen LogP contribution >= 0.6 is 43.2 Å². The van der Waals surface area contributed by atoms with E-state index in [1.807, 2.05) is 0 Å². The molecule has 0 aromatic carbocycles. The van der Waals surface area contributed by atoms with Gasteiger partial charge in [-0.05, 0) is 37.9 Å². The van der Waals surface area contributed by atoms with Crippen molar-refractivity contribution in [2.24, 2.45) is 0 Å². The molecule has 10 heteroatoms. The normalized spacial score (nSPS) is 24.0. The molecular formula is C10H11Br2NO5S2. The number of methoxy groups -OCH3 is 1. The van der Waals surface area contributed by atoms with E-state index in [0.717, 1.165) is 4.31 Å². The number of hydrogen-bond acceptors (Lipinski definition) is 6. The summed E-state index contributed by atoms with van der Waals surface area (Å²) in [6, 6.07) is 0.467. The first-order chi connectivity index (χ1) is 9.27. The average molecular weight is 449 g/mol. The Morgan fingerprint density at radius 2 is 2.20 bits per heavy atom. The van der Waals surface area contributed by atoms with Crippen LogP contribution in [0.2, 0.25) is 0 Å². The number of rotatable bonds is 3. The van der Waals surface area contributed by atoms with E-state index in [9.17, 15) is 18.3 Å². The van der Waals surface area contributed by atoms with Crippen LogP contribution in [0, 0.1) is 0 Å². The quantitative estimate of drug-likeness (QED) is 0.709. The summed E-state index contributed by atoms with van der Waals surface area (Å²) in [6.07, 6.45) is -0.843. The molecule has 2 heterocycles. The Balaban J connectivity index is 2.42. The second-order valence-electron chi connectivity index (χ2n) is 4.19. The number of nitrogens with zero attached hydrogens (tertiary/aromatic N) is 1. The second-order valence-corrected chi connectivity index (χ2v) is 9.80. The molecule has 2 rings (SSSR count). The molecule has 2 atom stereocenters. The van der Waals surface area contributed by atoms with Crippen LogP contribution in [0.3, 0.4) is 0 Å². The Morgan fingerprint density at radius 3 is 2.70 bits per heavy atom. The molecule has 112 valence electrons. The lowest BCUT2D eigenvalue weighted by molar-refractivity contribution is -0.144. The number of aliphatic hydroxyl groups is 1. The van der Waals surface area contributed by atoms with Gasteiger partial charge in [-0.1, -0.05) is 0 Å². The van der Waals surface area contributed by atoms with Crippen LogP contribution in [0.1, 0.15) is 6.42 Å². The highest BCUT2D eigenvalue weighted by molar-refractivity contribution is 9.12. The SMILES string of the molecule is COC(=O)C1CC(O)CN1S(=O)(=O)c1cc(Br)sc1Br. The van der Waals surface area contributed by atoms with Gasteiger partial charge in [0.15, 0.2) is 0 Å². The largest absolute Gasteiger partial charge is 0.468 e. The lowest BCUT2D eigenvalue weighted by Crippen LogP contribution is -2.41. The Kier molecular flexibility index (Phi) is 4.92. The molecule has 1 N–H and O–H groups in total. The number of halogens is 2. The molecule has 1 aromatic rings. The van der Waals surface area contributed by atoms with Crippen LogP contribution < -0.4 is 0 Å². The van der Waals surface area contributed by atoms with Crippen LogP contribution in [0.5, 0.6) is 0 Å². The Hall–Kier alpha value is -0.000000000000000333. The number of carbonyl (C=O) groups is 1. The summed E-state index contributed by atoms with van der Waals surface area (Å²) in [6.45, 7) is -0.123. The van der Waals surface area contributed by atoms with Gasteiger partial charge in [0.05, 0.1) is 20.8 Å². The van der Waals surface area contributed by atoms with Crippen LogP contribution in [-0.2, 0) is 19.6 Å². The fraction of sp³-hybridized carbons (Fsp3) is 0.500. The van der Waals surface area contributed by atoms with Crippen molar-refractivity contribution in [1.82, 2.24) is 4.31 Å². The van der Waals surface area contributed by atoms with Crippen molar-refractivity contribution in [3.8, 4) is 0 Å². The smallest absolute Gasteiger partial charge is 0.324 e. The molecule has 1 aliphatic rings. The van der Waals surface area contributed by atoms with Gasteiger partial charge in [-0.2, -0.15) is 4.31 Å². The zero-order valence-corrected chi connectivity index (χ0v) is 15.1. The first-order valence-electron chi connectivity index (χ1n) is 5.50. The predicted octanol–water partition coefficient (Wildman–Crippen LogP) is 1.57. The van der Waals surface area contributed by atoms with Gasteiger partial charge in [0.2, 0.25) is 10.0 Å². The number of carbonyl (C=O) groups excluding carboxylic acids is 1. The monoisotopic (exact) mass is 447 g/mol. The minimum Gasteiger partial charge on any atom is -0.468 e. The number of hydrogen-bond donors (Lipinski definition) is 1. The van der Waals surface area contributed by atoms with Crippen molar-refractivity contribution in [3.05, 3.63) is 13.6 Å². The lowest BCUT2D eigenvalue weighted by atomic mass is 10.2. The molecule has 20 heavy (non-hydrogen) atoms. The third-order valence-electron chi connectivity index (χ3n) is 2.92. The summed E-state index contributed by atoms with van der Waals surface area (Å²) in [7, 11) is -2.69. The van der Waals surface area contributed by atoms with E-state index in [2.05, 4.69) is 36.6 Å². The molecule has 1 aromatic heterocycles. The van der Waals surface area contributed by atoms with Crippen LogP contribution in [0.4, 0.5) is 0 Å². The molecule has 0 radical (unpaired) electrons. The third-order valence-corrected chi connectivity index (χ3v) is 7.55. The number of sulfonamides is 1. The number of β-amino-alcohol motifs (C(OH)–C–C–N with tert-alkyl or cyclic N) is 1. The van der Waals surface area contributed by atoms with Crippen molar-refractivity contribution in [1.29, 1.82) is 0 Å². The molecule has 2 unspecified atom stereocenters. The average Bonchev–Trinajstić information content (AvgIpc) is 2.92. The highest BCUT2D eigenvalue weighted by Gasteiger charge is 2.45. The Bertz CT molecular complexity index is 630. The van der Waals surface area contributed by atoms with Crippen molar-refractivity contribution < 1.29 is 23.1 Å². The first-order valence-corrected chi connectivity index (χ1v) is 9.34. The molecular weight excluding hydrogens is 438 g/mol. The first kappa shape index (κ1) is 16.4. The number of thiophene rings is 1. The molecule has 1 fully saturated rings. The van der Waals surface area contributed by atoms with E-state index in [1.165, 1.54) is 24.5 Å².